The van der Waals surface area contributed by atoms with Crippen LogP contribution in [0.15, 0.2) is 54.6 Å². The number of hydrogen-bond acceptors (Lipinski definition) is 2. The molecule has 0 radical (unpaired) electrons. The molecule has 1 N–H and O–H groups in total. The number of nitrogens with one attached hydrogen (secondary N) is 1. The molecule has 2 heterocycles. The average molecular weight is 444 g/mol. The quantitative estimate of drug-likeness (QED) is 0.638. The van der Waals surface area contributed by atoms with Crippen LogP contribution in [0.5, 0.6) is 0 Å². The SMILES string of the molecule is Cc1ccc2c(c1)C1(CCN(CC=Cc3ccccc3)CC1)CN2C(=O)NC1CCCCC1. The van der Waals surface area contributed by atoms with Gasteiger partial charge in [-0.3, -0.25) is 9.80 Å². The summed E-state index contributed by atoms with van der Waals surface area (Å²) in [5.74, 6) is 0. The first kappa shape index (κ1) is 22.2. The molecule has 4 nitrogen and oxygen atoms in total. The van der Waals surface area contributed by atoms with Crippen LogP contribution in [0.3, 0.4) is 0 Å². The zero-order valence-electron chi connectivity index (χ0n) is 19.9. The maximum Gasteiger partial charge on any atom is 0.322 e. The Bertz CT molecular complexity index is 985. The van der Waals surface area contributed by atoms with E-state index in [9.17, 15) is 4.79 Å². The molecule has 1 saturated heterocycles. The number of anilines is 1. The van der Waals surface area contributed by atoms with Gasteiger partial charge in [0.25, 0.3) is 0 Å². The number of hydrogen-bond donors (Lipinski definition) is 1. The minimum absolute atomic E-state index is 0.0882. The Morgan fingerprint density at radius 1 is 1.06 bits per heavy atom. The summed E-state index contributed by atoms with van der Waals surface area (Å²) in [5, 5.41) is 3.36. The van der Waals surface area contributed by atoms with E-state index in [1.807, 2.05) is 4.90 Å². The number of amides is 2. The van der Waals surface area contributed by atoms with Gasteiger partial charge in [0.2, 0.25) is 0 Å². The van der Waals surface area contributed by atoms with E-state index in [1.165, 1.54) is 36.0 Å². The van der Waals surface area contributed by atoms with Crippen molar-refractivity contribution >= 4 is 17.8 Å². The fourth-order valence-corrected chi connectivity index (χ4v) is 5.96. The minimum Gasteiger partial charge on any atom is -0.335 e. The first-order valence-corrected chi connectivity index (χ1v) is 12.8. The zero-order chi connectivity index (χ0) is 22.7. The summed E-state index contributed by atoms with van der Waals surface area (Å²) < 4.78 is 0. The molecular formula is C29H37N3O. The van der Waals surface area contributed by atoms with Crippen molar-refractivity contribution in [1.82, 2.24) is 10.2 Å². The molecule has 33 heavy (non-hydrogen) atoms. The smallest absolute Gasteiger partial charge is 0.322 e. The van der Waals surface area contributed by atoms with E-state index >= 15 is 0 Å². The molecule has 0 bridgehead atoms. The summed E-state index contributed by atoms with van der Waals surface area (Å²) in [7, 11) is 0. The second-order valence-electron chi connectivity index (χ2n) is 10.3. The summed E-state index contributed by atoms with van der Waals surface area (Å²) in [6, 6.07) is 17.6. The Morgan fingerprint density at radius 3 is 2.58 bits per heavy atom. The monoisotopic (exact) mass is 443 g/mol. The molecule has 2 fully saturated rings. The van der Waals surface area contributed by atoms with Crippen molar-refractivity contribution in [2.75, 3.05) is 31.1 Å². The van der Waals surface area contributed by atoms with Crippen molar-refractivity contribution in [3.8, 4) is 0 Å². The number of piperidine rings is 1. The third kappa shape index (κ3) is 4.86. The molecule has 3 aliphatic rings. The van der Waals surface area contributed by atoms with Gasteiger partial charge >= 0.3 is 6.03 Å². The third-order valence-corrected chi connectivity index (χ3v) is 7.94. The summed E-state index contributed by atoms with van der Waals surface area (Å²) in [6.45, 7) is 6.12. The average Bonchev–Trinajstić information content (AvgIpc) is 3.15. The predicted molar refractivity (Wildman–Crippen MR) is 137 cm³/mol. The van der Waals surface area contributed by atoms with E-state index in [0.717, 1.165) is 57.5 Å². The highest BCUT2D eigenvalue weighted by Crippen LogP contribution is 2.47. The standard InChI is InChI=1S/C29H37N3O/c1-23-14-15-27-26(21-23)29(22-32(27)28(33)30-25-12-6-3-7-13-25)16-19-31(20-17-29)18-8-11-24-9-4-2-5-10-24/h2,4-5,8-11,14-15,21,25H,3,6-7,12-13,16-20,22H2,1H3,(H,30,33). The molecule has 5 rings (SSSR count). The van der Waals surface area contributed by atoms with Crippen LogP contribution < -0.4 is 10.2 Å². The zero-order valence-corrected chi connectivity index (χ0v) is 19.9. The minimum atomic E-state index is 0.0882. The van der Waals surface area contributed by atoms with Crippen molar-refractivity contribution in [3.05, 3.63) is 71.3 Å². The molecular weight excluding hydrogens is 406 g/mol. The predicted octanol–water partition coefficient (Wildman–Crippen LogP) is 5.90. The molecule has 2 aromatic carbocycles. The van der Waals surface area contributed by atoms with Gasteiger partial charge in [0, 0.05) is 30.2 Å². The van der Waals surface area contributed by atoms with Gasteiger partial charge in [-0.1, -0.05) is 79.4 Å². The summed E-state index contributed by atoms with van der Waals surface area (Å²) in [4.78, 5) is 17.9. The van der Waals surface area contributed by atoms with Gasteiger partial charge in [0.05, 0.1) is 0 Å². The van der Waals surface area contributed by atoms with Gasteiger partial charge in [0.15, 0.2) is 0 Å². The molecule has 0 atom stereocenters. The maximum absolute atomic E-state index is 13.3. The number of nitrogens with zero attached hydrogens (tertiary/aromatic N) is 2. The van der Waals surface area contributed by atoms with Crippen LogP contribution >= 0.6 is 0 Å². The molecule has 0 aromatic heterocycles. The topological polar surface area (TPSA) is 35.6 Å². The summed E-state index contributed by atoms with van der Waals surface area (Å²) in [6.07, 6.45) is 12.7. The molecule has 1 saturated carbocycles. The first-order chi connectivity index (χ1) is 16.1. The van der Waals surface area contributed by atoms with Crippen molar-refractivity contribution < 1.29 is 4.79 Å². The summed E-state index contributed by atoms with van der Waals surface area (Å²) >= 11 is 0. The highest BCUT2D eigenvalue weighted by molar-refractivity contribution is 5.95. The van der Waals surface area contributed by atoms with Crippen LogP contribution in [0.4, 0.5) is 10.5 Å². The second kappa shape index (κ2) is 9.72. The Balaban J connectivity index is 1.26. The Labute approximate surface area is 198 Å². The molecule has 2 amide bonds. The van der Waals surface area contributed by atoms with Crippen LogP contribution in [0, 0.1) is 6.92 Å². The van der Waals surface area contributed by atoms with E-state index in [4.69, 9.17) is 0 Å². The van der Waals surface area contributed by atoms with E-state index in [1.54, 1.807) is 0 Å². The third-order valence-electron chi connectivity index (χ3n) is 7.94. The number of carbonyl (C=O) groups excluding carboxylic acids is 1. The van der Waals surface area contributed by atoms with Gasteiger partial charge in [0.1, 0.15) is 0 Å². The van der Waals surface area contributed by atoms with E-state index in [0.29, 0.717) is 6.04 Å². The first-order valence-electron chi connectivity index (χ1n) is 12.8. The molecule has 2 aliphatic heterocycles. The Kier molecular flexibility index (Phi) is 6.55. The Hall–Kier alpha value is -2.59. The van der Waals surface area contributed by atoms with Crippen molar-refractivity contribution in [2.24, 2.45) is 0 Å². The Morgan fingerprint density at radius 2 is 1.82 bits per heavy atom. The molecule has 174 valence electrons. The van der Waals surface area contributed by atoms with E-state index in [2.05, 4.69) is 77.8 Å². The van der Waals surface area contributed by atoms with Crippen molar-refractivity contribution in [1.29, 1.82) is 0 Å². The summed E-state index contributed by atoms with van der Waals surface area (Å²) in [5.41, 5.74) is 5.15. The lowest BCUT2D eigenvalue weighted by molar-refractivity contribution is 0.179. The van der Waals surface area contributed by atoms with Crippen LogP contribution in [0.25, 0.3) is 6.08 Å². The van der Waals surface area contributed by atoms with Gasteiger partial charge in [-0.05, 0) is 62.9 Å². The van der Waals surface area contributed by atoms with Gasteiger partial charge in [-0.2, -0.15) is 0 Å². The molecule has 0 unspecified atom stereocenters. The van der Waals surface area contributed by atoms with Crippen molar-refractivity contribution in [3.63, 3.8) is 0 Å². The number of likely N-dealkylation sites (tertiary alicyclic amines) is 1. The second-order valence-corrected chi connectivity index (χ2v) is 10.3. The van der Waals surface area contributed by atoms with Gasteiger partial charge in [-0.15, -0.1) is 0 Å². The van der Waals surface area contributed by atoms with E-state index in [-0.39, 0.29) is 11.4 Å². The number of aryl methyl sites for hydroxylation is 1. The highest BCUT2D eigenvalue weighted by atomic mass is 16.2. The molecule has 4 heteroatoms. The van der Waals surface area contributed by atoms with Crippen LogP contribution in [-0.4, -0.2) is 43.2 Å². The number of urea groups is 1. The number of benzene rings is 2. The van der Waals surface area contributed by atoms with Crippen LogP contribution in [0.1, 0.15) is 61.6 Å². The number of rotatable bonds is 4. The largest absolute Gasteiger partial charge is 0.335 e. The molecule has 1 aliphatic carbocycles. The highest BCUT2D eigenvalue weighted by Gasteiger charge is 2.46. The molecule has 1 spiro atoms. The van der Waals surface area contributed by atoms with E-state index < -0.39 is 0 Å². The normalized spacial score (nSPS) is 20.9. The lowest BCUT2D eigenvalue weighted by Crippen LogP contribution is -2.49. The maximum atomic E-state index is 13.3. The van der Waals surface area contributed by atoms with Crippen LogP contribution in [-0.2, 0) is 5.41 Å². The van der Waals surface area contributed by atoms with Gasteiger partial charge < -0.3 is 5.32 Å². The van der Waals surface area contributed by atoms with Crippen molar-refractivity contribution in [2.45, 2.75) is 63.3 Å². The lowest BCUT2D eigenvalue weighted by Gasteiger charge is -2.39. The van der Waals surface area contributed by atoms with Gasteiger partial charge in [-0.25, -0.2) is 4.79 Å². The molecule has 2 aromatic rings. The van der Waals surface area contributed by atoms with Crippen LogP contribution in [0.2, 0.25) is 0 Å². The number of fused-ring (bicyclic) bond motifs is 2. The lowest BCUT2D eigenvalue weighted by atomic mass is 9.74. The fourth-order valence-electron chi connectivity index (χ4n) is 5.96. The fraction of sp³-hybridized carbons (Fsp3) is 0.483. The number of carbonyl (C=O) groups is 1.